The Bertz CT molecular complexity index is 894. The predicted octanol–water partition coefficient (Wildman–Crippen LogP) is 4.11. The second-order valence-electron chi connectivity index (χ2n) is 5.71. The molecular formula is C20H17NO4S2. The van der Waals surface area contributed by atoms with Crippen LogP contribution in [-0.4, -0.2) is 32.8 Å². The summed E-state index contributed by atoms with van der Waals surface area (Å²) in [5.74, 6) is -0.785. The number of hydrogen-bond acceptors (Lipinski definition) is 5. The van der Waals surface area contributed by atoms with Crippen molar-refractivity contribution >= 4 is 46.3 Å². The van der Waals surface area contributed by atoms with Crippen LogP contribution < -0.4 is 4.74 Å². The number of hydrogen-bond donors (Lipinski definition) is 1. The van der Waals surface area contributed by atoms with Crippen LogP contribution in [0.5, 0.6) is 5.75 Å². The van der Waals surface area contributed by atoms with Crippen molar-refractivity contribution in [1.29, 1.82) is 0 Å². The van der Waals surface area contributed by atoms with Gasteiger partial charge in [-0.3, -0.25) is 9.69 Å². The summed E-state index contributed by atoms with van der Waals surface area (Å²) in [7, 11) is 0. The standard InChI is InChI=1S/C20H17NO4S2/c1-2-25-15-10-8-13(9-11-15)12-16-18(22)21(20(26)27-16)17(19(23)24)14-6-4-3-5-7-14/h3-12,17H,2H2,1H3,(H,23,24)/b16-12-/t17-/m0/s1. The number of nitrogens with zero attached hydrogens (tertiary/aromatic N) is 1. The van der Waals surface area contributed by atoms with Gasteiger partial charge in [-0.2, -0.15) is 0 Å². The van der Waals surface area contributed by atoms with Gasteiger partial charge in [0.05, 0.1) is 11.5 Å². The molecule has 5 nitrogen and oxygen atoms in total. The Labute approximate surface area is 166 Å². The molecule has 7 heteroatoms. The van der Waals surface area contributed by atoms with E-state index in [0.29, 0.717) is 17.1 Å². The van der Waals surface area contributed by atoms with E-state index in [0.717, 1.165) is 28.0 Å². The lowest BCUT2D eigenvalue weighted by molar-refractivity contribution is -0.145. The Morgan fingerprint density at radius 2 is 1.89 bits per heavy atom. The Hall–Kier alpha value is -2.64. The van der Waals surface area contributed by atoms with Crippen LogP contribution in [0.1, 0.15) is 24.1 Å². The van der Waals surface area contributed by atoms with Crippen molar-refractivity contribution in [3.8, 4) is 5.75 Å². The van der Waals surface area contributed by atoms with Crippen molar-refractivity contribution in [3.63, 3.8) is 0 Å². The summed E-state index contributed by atoms with van der Waals surface area (Å²) in [6.07, 6.45) is 1.71. The van der Waals surface area contributed by atoms with Gasteiger partial charge in [-0.05, 0) is 36.3 Å². The van der Waals surface area contributed by atoms with Crippen LogP contribution in [0.25, 0.3) is 6.08 Å². The van der Waals surface area contributed by atoms with Gasteiger partial charge in [-0.1, -0.05) is 66.4 Å². The molecule has 27 heavy (non-hydrogen) atoms. The van der Waals surface area contributed by atoms with Gasteiger partial charge in [0.25, 0.3) is 5.91 Å². The van der Waals surface area contributed by atoms with Gasteiger partial charge in [0.1, 0.15) is 10.1 Å². The van der Waals surface area contributed by atoms with E-state index in [1.54, 1.807) is 36.4 Å². The summed E-state index contributed by atoms with van der Waals surface area (Å²) in [5, 5.41) is 9.68. The maximum atomic E-state index is 12.9. The number of amides is 1. The molecule has 1 saturated heterocycles. The van der Waals surface area contributed by atoms with E-state index in [1.165, 1.54) is 0 Å². The summed E-state index contributed by atoms with van der Waals surface area (Å²) in [6, 6.07) is 14.8. The summed E-state index contributed by atoms with van der Waals surface area (Å²) < 4.78 is 5.64. The van der Waals surface area contributed by atoms with Gasteiger partial charge in [0, 0.05) is 0 Å². The molecule has 0 saturated carbocycles. The van der Waals surface area contributed by atoms with Crippen LogP contribution in [0.2, 0.25) is 0 Å². The quantitative estimate of drug-likeness (QED) is 0.582. The number of thiocarbonyl (C=S) groups is 1. The Kier molecular flexibility index (Phi) is 5.93. The van der Waals surface area contributed by atoms with Crippen LogP contribution in [0.4, 0.5) is 0 Å². The first-order chi connectivity index (χ1) is 13.0. The van der Waals surface area contributed by atoms with Crippen molar-refractivity contribution in [2.75, 3.05) is 6.61 Å². The third kappa shape index (κ3) is 4.20. The summed E-state index contributed by atoms with van der Waals surface area (Å²) in [6.45, 7) is 2.49. The summed E-state index contributed by atoms with van der Waals surface area (Å²) in [5.41, 5.74) is 1.31. The van der Waals surface area contributed by atoms with E-state index in [2.05, 4.69) is 0 Å². The molecule has 3 rings (SSSR count). The molecule has 1 amide bonds. The maximum Gasteiger partial charge on any atom is 0.331 e. The van der Waals surface area contributed by atoms with E-state index in [1.807, 2.05) is 31.2 Å². The molecule has 0 spiro atoms. The number of aliphatic carboxylic acids is 1. The van der Waals surface area contributed by atoms with Gasteiger partial charge in [-0.15, -0.1) is 0 Å². The highest BCUT2D eigenvalue weighted by Gasteiger charge is 2.41. The molecule has 1 aliphatic rings. The SMILES string of the molecule is CCOc1ccc(/C=C2\SC(=S)N([C@H](C(=O)O)c3ccccc3)C2=O)cc1. The highest BCUT2D eigenvalue weighted by Crippen LogP contribution is 2.38. The summed E-state index contributed by atoms with van der Waals surface area (Å²) in [4.78, 5) is 26.3. The average Bonchev–Trinajstić information content (AvgIpc) is 2.92. The second kappa shape index (κ2) is 8.37. The van der Waals surface area contributed by atoms with E-state index in [4.69, 9.17) is 17.0 Å². The first kappa shape index (κ1) is 19.1. The molecule has 0 aromatic heterocycles. The molecule has 2 aromatic rings. The number of carbonyl (C=O) groups excluding carboxylic acids is 1. The predicted molar refractivity (Wildman–Crippen MR) is 109 cm³/mol. The normalized spacial score (nSPS) is 16.6. The first-order valence-corrected chi connectivity index (χ1v) is 9.51. The van der Waals surface area contributed by atoms with E-state index in [9.17, 15) is 14.7 Å². The number of carboxylic acids is 1. The van der Waals surface area contributed by atoms with Gasteiger partial charge < -0.3 is 9.84 Å². The average molecular weight is 399 g/mol. The fourth-order valence-electron chi connectivity index (χ4n) is 2.72. The van der Waals surface area contributed by atoms with Crippen molar-refractivity contribution in [1.82, 2.24) is 4.90 Å². The number of carbonyl (C=O) groups is 2. The molecule has 1 N–H and O–H groups in total. The maximum absolute atomic E-state index is 12.9. The fourth-order valence-corrected chi connectivity index (χ4v) is 4.03. The van der Waals surface area contributed by atoms with Crippen LogP contribution in [0.15, 0.2) is 59.5 Å². The zero-order valence-corrected chi connectivity index (χ0v) is 16.1. The van der Waals surface area contributed by atoms with Gasteiger partial charge in [0.2, 0.25) is 0 Å². The van der Waals surface area contributed by atoms with Crippen LogP contribution in [-0.2, 0) is 9.59 Å². The summed E-state index contributed by atoms with van der Waals surface area (Å²) >= 11 is 6.41. The van der Waals surface area contributed by atoms with Crippen molar-refractivity contribution in [2.45, 2.75) is 13.0 Å². The fraction of sp³-hybridized carbons (Fsp3) is 0.150. The molecule has 1 fully saturated rings. The molecule has 1 atom stereocenters. The second-order valence-corrected chi connectivity index (χ2v) is 7.38. The number of benzene rings is 2. The number of thioether (sulfide) groups is 1. The van der Waals surface area contributed by atoms with E-state index < -0.39 is 17.9 Å². The third-order valence-electron chi connectivity index (χ3n) is 3.92. The highest BCUT2D eigenvalue weighted by atomic mass is 32.2. The van der Waals surface area contributed by atoms with Crippen LogP contribution >= 0.6 is 24.0 Å². The number of rotatable bonds is 6. The van der Waals surface area contributed by atoms with Gasteiger partial charge in [0.15, 0.2) is 6.04 Å². The van der Waals surface area contributed by atoms with Gasteiger partial charge >= 0.3 is 5.97 Å². The minimum atomic E-state index is -1.15. The van der Waals surface area contributed by atoms with Crippen molar-refractivity contribution in [2.24, 2.45) is 0 Å². The minimum absolute atomic E-state index is 0.230. The zero-order chi connectivity index (χ0) is 19.4. The lowest BCUT2D eigenvalue weighted by Crippen LogP contribution is -2.37. The Morgan fingerprint density at radius 3 is 2.48 bits per heavy atom. The first-order valence-electron chi connectivity index (χ1n) is 8.29. The molecule has 0 unspecified atom stereocenters. The lowest BCUT2D eigenvalue weighted by Gasteiger charge is -2.23. The highest BCUT2D eigenvalue weighted by molar-refractivity contribution is 8.26. The Morgan fingerprint density at radius 1 is 1.22 bits per heavy atom. The molecule has 0 radical (unpaired) electrons. The monoisotopic (exact) mass is 399 g/mol. The Balaban J connectivity index is 1.88. The van der Waals surface area contributed by atoms with Crippen molar-refractivity contribution < 1.29 is 19.4 Å². The third-order valence-corrected chi connectivity index (χ3v) is 5.25. The minimum Gasteiger partial charge on any atom is -0.494 e. The molecule has 0 aliphatic carbocycles. The van der Waals surface area contributed by atoms with Crippen LogP contribution in [0, 0.1) is 0 Å². The smallest absolute Gasteiger partial charge is 0.331 e. The number of ether oxygens (including phenoxy) is 1. The topological polar surface area (TPSA) is 66.8 Å². The number of carboxylic acid groups (broad SMARTS) is 1. The molecule has 138 valence electrons. The van der Waals surface area contributed by atoms with Gasteiger partial charge in [-0.25, -0.2) is 4.79 Å². The zero-order valence-electron chi connectivity index (χ0n) is 14.5. The molecule has 1 heterocycles. The molecule has 2 aromatic carbocycles. The molecule has 1 aliphatic heterocycles. The largest absolute Gasteiger partial charge is 0.494 e. The lowest BCUT2D eigenvalue weighted by atomic mass is 10.1. The molecule has 0 bridgehead atoms. The van der Waals surface area contributed by atoms with Crippen LogP contribution in [0.3, 0.4) is 0 Å². The molecular weight excluding hydrogens is 382 g/mol. The van der Waals surface area contributed by atoms with Crippen molar-refractivity contribution in [3.05, 3.63) is 70.6 Å². The van der Waals surface area contributed by atoms with E-state index in [-0.39, 0.29) is 4.32 Å². The van der Waals surface area contributed by atoms with E-state index >= 15 is 0 Å².